The molecule has 0 fully saturated rings. The van der Waals surface area contributed by atoms with Crippen LogP contribution in [0, 0.1) is 6.92 Å². The van der Waals surface area contributed by atoms with Crippen molar-refractivity contribution in [3.8, 4) is 17.0 Å². The molecular formula is C14H17NO2. The maximum atomic E-state index is 5.61. The lowest BCUT2D eigenvalue weighted by atomic mass is 10.1. The number of hydrogen-bond acceptors (Lipinski definition) is 3. The molecule has 0 N–H and O–H groups in total. The van der Waals surface area contributed by atoms with Crippen molar-refractivity contribution in [2.75, 3.05) is 6.61 Å². The molecule has 1 aromatic carbocycles. The molecule has 0 radical (unpaired) electrons. The summed E-state index contributed by atoms with van der Waals surface area (Å²) in [6.45, 7) is 4.91. The molecule has 0 saturated heterocycles. The largest absolute Gasteiger partial charge is 0.494 e. The lowest BCUT2D eigenvalue weighted by molar-refractivity contribution is 0.309. The van der Waals surface area contributed by atoms with Crippen molar-refractivity contribution in [2.24, 2.45) is 0 Å². The van der Waals surface area contributed by atoms with Crippen LogP contribution >= 0.6 is 0 Å². The average Bonchev–Trinajstić information content (AvgIpc) is 2.77. The highest BCUT2D eigenvalue weighted by Gasteiger charge is 2.06. The third-order valence-corrected chi connectivity index (χ3v) is 2.64. The quantitative estimate of drug-likeness (QED) is 0.733. The minimum absolute atomic E-state index is 0.777. The topological polar surface area (TPSA) is 35.3 Å². The number of unbranched alkanes of at least 4 members (excludes halogenated alkanes) is 1. The molecule has 2 aromatic rings. The Morgan fingerprint density at radius 2 is 2.00 bits per heavy atom. The van der Waals surface area contributed by atoms with Crippen molar-refractivity contribution in [2.45, 2.75) is 26.7 Å². The Kier molecular flexibility index (Phi) is 3.81. The van der Waals surface area contributed by atoms with E-state index in [1.165, 1.54) is 0 Å². The molecule has 0 unspecified atom stereocenters. The fourth-order valence-electron chi connectivity index (χ4n) is 1.61. The molecule has 17 heavy (non-hydrogen) atoms. The van der Waals surface area contributed by atoms with Crippen LogP contribution < -0.4 is 4.74 Å². The Hall–Kier alpha value is -1.77. The van der Waals surface area contributed by atoms with Gasteiger partial charge in [0.05, 0.1) is 6.61 Å². The number of hydrogen-bond donors (Lipinski definition) is 0. The molecule has 0 aliphatic carbocycles. The molecule has 2 rings (SSSR count). The molecule has 0 amide bonds. The van der Waals surface area contributed by atoms with Gasteiger partial charge in [-0.3, -0.25) is 0 Å². The van der Waals surface area contributed by atoms with Crippen LogP contribution in [0.3, 0.4) is 0 Å². The van der Waals surface area contributed by atoms with Crippen LogP contribution in [0.5, 0.6) is 5.75 Å². The van der Waals surface area contributed by atoms with E-state index in [2.05, 4.69) is 12.1 Å². The van der Waals surface area contributed by atoms with E-state index in [0.717, 1.165) is 42.0 Å². The molecular weight excluding hydrogens is 214 g/mol. The molecule has 0 atom stereocenters. The van der Waals surface area contributed by atoms with Crippen LogP contribution in [0.2, 0.25) is 0 Å². The van der Waals surface area contributed by atoms with E-state index in [9.17, 15) is 0 Å². The van der Waals surface area contributed by atoms with Gasteiger partial charge in [0, 0.05) is 11.1 Å². The van der Waals surface area contributed by atoms with Crippen LogP contribution in [0.25, 0.3) is 11.3 Å². The Balaban J connectivity index is 2.06. The average molecular weight is 231 g/mol. The molecule has 0 spiro atoms. The molecule has 3 heteroatoms. The second-order valence-corrected chi connectivity index (χ2v) is 4.07. The second kappa shape index (κ2) is 5.53. The number of nitrogens with zero attached hydrogens (tertiary/aromatic N) is 1. The first-order chi connectivity index (χ1) is 8.31. The summed E-state index contributed by atoms with van der Waals surface area (Å²) in [7, 11) is 0. The van der Waals surface area contributed by atoms with Gasteiger partial charge in [-0.05, 0) is 37.6 Å². The highest BCUT2D eigenvalue weighted by molar-refractivity contribution is 5.62. The van der Waals surface area contributed by atoms with Crippen LogP contribution in [0.4, 0.5) is 0 Å². The van der Waals surface area contributed by atoms with E-state index in [-0.39, 0.29) is 0 Å². The molecule has 0 aliphatic rings. The van der Waals surface area contributed by atoms with E-state index in [4.69, 9.17) is 9.26 Å². The molecule has 90 valence electrons. The monoisotopic (exact) mass is 231 g/mol. The highest BCUT2D eigenvalue weighted by atomic mass is 16.5. The zero-order valence-corrected chi connectivity index (χ0v) is 10.3. The summed E-state index contributed by atoms with van der Waals surface area (Å²) in [6.07, 6.45) is 3.89. The zero-order chi connectivity index (χ0) is 12.1. The van der Waals surface area contributed by atoms with Crippen molar-refractivity contribution in [3.05, 3.63) is 36.1 Å². The van der Waals surface area contributed by atoms with Crippen molar-refractivity contribution in [1.29, 1.82) is 0 Å². The van der Waals surface area contributed by atoms with E-state index in [0.29, 0.717) is 0 Å². The number of benzene rings is 1. The van der Waals surface area contributed by atoms with Gasteiger partial charge >= 0.3 is 0 Å². The van der Waals surface area contributed by atoms with Crippen LogP contribution in [0.15, 0.2) is 35.1 Å². The first-order valence-corrected chi connectivity index (χ1v) is 5.95. The lowest BCUT2D eigenvalue weighted by Gasteiger charge is -2.05. The van der Waals surface area contributed by atoms with Gasteiger partial charge in [0.1, 0.15) is 17.7 Å². The van der Waals surface area contributed by atoms with Crippen molar-refractivity contribution in [3.63, 3.8) is 0 Å². The maximum absolute atomic E-state index is 5.61. The van der Waals surface area contributed by atoms with Crippen LogP contribution in [-0.4, -0.2) is 11.8 Å². The highest BCUT2D eigenvalue weighted by Crippen LogP contribution is 2.23. The van der Waals surface area contributed by atoms with Gasteiger partial charge in [0.2, 0.25) is 0 Å². The van der Waals surface area contributed by atoms with Gasteiger partial charge in [-0.1, -0.05) is 18.5 Å². The Morgan fingerprint density at radius 1 is 1.24 bits per heavy atom. The summed E-state index contributed by atoms with van der Waals surface area (Å²) in [6, 6.07) is 7.95. The summed E-state index contributed by atoms with van der Waals surface area (Å²) in [4.78, 5) is 0. The van der Waals surface area contributed by atoms with E-state index in [1.54, 1.807) is 6.26 Å². The molecule has 0 saturated carbocycles. The number of aryl methyl sites for hydroxylation is 1. The van der Waals surface area contributed by atoms with Gasteiger partial charge in [-0.2, -0.15) is 0 Å². The Bertz CT molecular complexity index is 459. The van der Waals surface area contributed by atoms with Gasteiger partial charge in [-0.15, -0.1) is 0 Å². The maximum Gasteiger partial charge on any atom is 0.127 e. The normalized spacial score (nSPS) is 10.5. The van der Waals surface area contributed by atoms with Gasteiger partial charge in [0.15, 0.2) is 0 Å². The fraction of sp³-hybridized carbons (Fsp3) is 0.357. The molecule has 3 nitrogen and oxygen atoms in total. The SMILES string of the molecule is CCCCOc1ccc(-c2nocc2C)cc1. The smallest absolute Gasteiger partial charge is 0.127 e. The van der Waals surface area contributed by atoms with Gasteiger partial charge < -0.3 is 9.26 Å². The van der Waals surface area contributed by atoms with E-state index >= 15 is 0 Å². The van der Waals surface area contributed by atoms with Gasteiger partial charge in [0.25, 0.3) is 0 Å². The lowest BCUT2D eigenvalue weighted by Crippen LogP contribution is -1.95. The molecule has 0 aliphatic heterocycles. The second-order valence-electron chi connectivity index (χ2n) is 4.07. The summed E-state index contributed by atoms with van der Waals surface area (Å²) >= 11 is 0. The first kappa shape index (κ1) is 11.7. The first-order valence-electron chi connectivity index (χ1n) is 5.95. The predicted molar refractivity (Wildman–Crippen MR) is 67.1 cm³/mol. The third kappa shape index (κ3) is 2.87. The van der Waals surface area contributed by atoms with Crippen molar-refractivity contribution >= 4 is 0 Å². The Labute approximate surface area is 101 Å². The minimum atomic E-state index is 0.777. The van der Waals surface area contributed by atoms with Crippen molar-refractivity contribution < 1.29 is 9.26 Å². The summed E-state index contributed by atoms with van der Waals surface area (Å²) < 4.78 is 10.5. The fourth-order valence-corrected chi connectivity index (χ4v) is 1.61. The Morgan fingerprint density at radius 3 is 2.59 bits per heavy atom. The summed E-state index contributed by atoms with van der Waals surface area (Å²) in [5.41, 5.74) is 2.99. The van der Waals surface area contributed by atoms with Crippen LogP contribution in [-0.2, 0) is 0 Å². The third-order valence-electron chi connectivity index (χ3n) is 2.64. The molecule has 0 bridgehead atoms. The molecule has 1 heterocycles. The van der Waals surface area contributed by atoms with Crippen molar-refractivity contribution in [1.82, 2.24) is 5.16 Å². The molecule has 1 aromatic heterocycles. The summed E-state index contributed by atoms with van der Waals surface area (Å²) in [5, 5.41) is 3.98. The summed E-state index contributed by atoms with van der Waals surface area (Å²) in [5.74, 6) is 0.906. The minimum Gasteiger partial charge on any atom is -0.494 e. The standard InChI is InChI=1S/C14H17NO2/c1-3-4-9-16-13-7-5-12(6-8-13)14-11(2)10-17-15-14/h5-8,10H,3-4,9H2,1-2H3. The number of ether oxygens (including phenoxy) is 1. The van der Waals surface area contributed by atoms with Crippen LogP contribution in [0.1, 0.15) is 25.3 Å². The predicted octanol–water partition coefficient (Wildman–Crippen LogP) is 3.83. The van der Waals surface area contributed by atoms with E-state index < -0.39 is 0 Å². The zero-order valence-electron chi connectivity index (χ0n) is 10.3. The number of rotatable bonds is 5. The van der Waals surface area contributed by atoms with E-state index in [1.807, 2.05) is 31.2 Å². The number of aromatic nitrogens is 1. The van der Waals surface area contributed by atoms with Gasteiger partial charge in [-0.25, -0.2) is 0 Å².